The molecule has 1 aromatic carbocycles. The fourth-order valence-corrected chi connectivity index (χ4v) is 2.91. The molecule has 2 unspecified atom stereocenters. The van der Waals surface area contributed by atoms with Gasteiger partial charge in [-0.3, -0.25) is 0 Å². The third-order valence-electron chi connectivity index (χ3n) is 3.47. The Morgan fingerprint density at radius 1 is 1.30 bits per heavy atom. The molecule has 0 fully saturated rings. The van der Waals surface area contributed by atoms with Crippen molar-refractivity contribution in [2.24, 2.45) is 11.7 Å². The van der Waals surface area contributed by atoms with Gasteiger partial charge in [-0.15, -0.1) is 0 Å². The molecule has 2 atom stereocenters. The summed E-state index contributed by atoms with van der Waals surface area (Å²) in [7, 11) is 0. The number of aliphatic hydroxyl groups excluding tert-OH is 1. The van der Waals surface area contributed by atoms with E-state index >= 15 is 0 Å². The third-order valence-corrected chi connectivity index (χ3v) is 3.97. The first kappa shape index (κ1) is 17.6. The van der Waals surface area contributed by atoms with E-state index in [0.29, 0.717) is 28.9 Å². The number of hydrogen-bond acceptors (Lipinski definition) is 3. The number of benzene rings is 1. The van der Waals surface area contributed by atoms with Gasteiger partial charge < -0.3 is 15.6 Å². The van der Waals surface area contributed by atoms with Crippen molar-refractivity contribution in [1.82, 2.24) is 0 Å². The number of rotatable bonds is 8. The molecule has 3 nitrogen and oxygen atoms in total. The maximum atomic E-state index is 9.34. The average molecular weight is 320 g/mol. The highest BCUT2D eigenvalue weighted by molar-refractivity contribution is 6.35. The van der Waals surface area contributed by atoms with Gasteiger partial charge in [-0.2, -0.15) is 0 Å². The van der Waals surface area contributed by atoms with Gasteiger partial charge in [0.05, 0.1) is 11.6 Å². The van der Waals surface area contributed by atoms with Crippen molar-refractivity contribution in [3.05, 3.63) is 27.7 Å². The first-order valence-electron chi connectivity index (χ1n) is 6.99. The summed E-state index contributed by atoms with van der Waals surface area (Å²) in [5, 5.41) is 10.5. The molecule has 0 bridgehead atoms. The maximum Gasteiger partial charge on any atom is 0.141 e. The van der Waals surface area contributed by atoms with Crippen LogP contribution in [-0.4, -0.2) is 24.9 Å². The lowest BCUT2D eigenvalue weighted by atomic mass is 9.86. The Balaban J connectivity index is 3.12. The number of aliphatic hydroxyl groups is 1. The molecule has 114 valence electrons. The average Bonchev–Trinajstić information content (AvgIpc) is 2.43. The van der Waals surface area contributed by atoms with E-state index in [9.17, 15) is 5.11 Å². The molecule has 0 aliphatic rings. The van der Waals surface area contributed by atoms with Gasteiger partial charge in [-0.25, -0.2) is 0 Å². The van der Waals surface area contributed by atoms with Gasteiger partial charge in [-0.05, 0) is 50.3 Å². The molecule has 0 saturated heterocycles. The highest BCUT2D eigenvalue weighted by Gasteiger charge is 2.21. The molecular formula is C15H23Cl2NO2. The van der Waals surface area contributed by atoms with Crippen molar-refractivity contribution in [2.45, 2.75) is 32.6 Å². The second-order valence-electron chi connectivity index (χ2n) is 4.86. The van der Waals surface area contributed by atoms with E-state index in [1.165, 1.54) is 0 Å². The van der Waals surface area contributed by atoms with Crippen LogP contribution in [0.1, 0.15) is 38.2 Å². The Morgan fingerprint density at radius 3 is 2.50 bits per heavy atom. The van der Waals surface area contributed by atoms with Gasteiger partial charge in [0, 0.05) is 17.2 Å². The Hall–Kier alpha value is -0.480. The summed E-state index contributed by atoms with van der Waals surface area (Å²) in [6, 6.07) is 3.59. The molecule has 0 radical (unpaired) electrons. The van der Waals surface area contributed by atoms with E-state index in [1.54, 1.807) is 6.07 Å². The molecule has 1 rings (SSSR count). The van der Waals surface area contributed by atoms with Crippen LogP contribution < -0.4 is 10.5 Å². The van der Waals surface area contributed by atoms with Crippen LogP contribution in [0.25, 0.3) is 0 Å². The Bertz CT molecular complexity index is 423. The normalized spacial score (nSPS) is 14.1. The van der Waals surface area contributed by atoms with Gasteiger partial charge in [0.1, 0.15) is 5.75 Å². The molecule has 1 aromatic rings. The summed E-state index contributed by atoms with van der Waals surface area (Å²) >= 11 is 12.3. The summed E-state index contributed by atoms with van der Waals surface area (Å²) in [4.78, 5) is 0. The zero-order chi connectivity index (χ0) is 15.1. The number of halogens is 2. The molecule has 5 heteroatoms. The lowest BCUT2D eigenvalue weighted by Gasteiger charge is -2.23. The van der Waals surface area contributed by atoms with Crippen LogP contribution in [-0.2, 0) is 0 Å². The molecule has 0 heterocycles. The first-order chi connectivity index (χ1) is 9.57. The predicted octanol–water partition coefficient (Wildman–Crippen LogP) is 3.84. The summed E-state index contributed by atoms with van der Waals surface area (Å²) in [6.45, 7) is 5.12. The smallest absolute Gasteiger partial charge is 0.141 e. The first-order valence-corrected chi connectivity index (χ1v) is 7.75. The zero-order valence-electron chi connectivity index (χ0n) is 12.0. The Labute approximate surface area is 131 Å². The van der Waals surface area contributed by atoms with E-state index in [2.05, 4.69) is 6.92 Å². The molecule has 0 saturated carbocycles. The van der Waals surface area contributed by atoms with Crippen LogP contribution in [0.2, 0.25) is 10.0 Å². The molecule has 0 amide bonds. The minimum absolute atomic E-state index is 0.0761. The molecule has 0 aromatic heterocycles. The molecule has 0 aliphatic carbocycles. The summed E-state index contributed by atoms with van der Waals surface area (Å²) in [5.41, 5.74) is 6.68. The van der Waals surface area contributed by atoms with Crippen LogP contribution in [0.3, 0.4) is 0 Å². The van der Waals surface area contributed by atoms with Crippen molar-refractivity contribution in [1.29, 1.82) is 0 Å². The Morgan fingerprint density at radius 2 is 2.00 bits per heavy atom. The van der Waals surface area contributed by atoms with E-state index in [0.717, 1.165) is 18.4 Å². The second-order valence-corrected chi connectivity index (χ2v) is 5.71. The fraction of sp³-hybridized carbons (Fsp3) is 0.600. The van der Waals surface area contributed by atoms with Gasteiger partial charge in [0.25, 0.3) is 0 Å². The van der Waals surface area contributed by atoms with Gasteiger partial charge in [0.2, 0.25) is 0 Å². The molecule has 0 spiro atoms. The van der Waals surface area contributed by atoms with E-state index in [4.69, 9.17) is 33.7 Å². The van der Waals surface area contributed by atoms with Gasteiger partial charge >= 0.3 is 0 Å². The van der Waals surface area contributed by atoms with E-state index in [-0.39, 0.29) is 18.4 Å². The van der Waals surface area contributed by atoms with Crippen molar-refractivity contribution in [3.63, 3.8) is 0 Å². The second kappa shape index (κ2) is 8.73. The van der Waals surface area contributed by atoms with Crippen molar-refractivity contribution >= 4 is 23.2 Å². The summed E-state index contributed by atoms with van der Waals surface area (Å²) in [5.74, 6) is 0.986. The van der Waals surface area contributed by atoms with Crippen LogP contribution in [0.15, 0.2) is 12.1 Å². The van der Waals surface area contributed by atoms with Crippen LogP contribution in [0.4, 0.5) is 0 Å². The summed E-state index contributed by atoms with van der Waals surface area (Å²) < 4.78 is 5.67. The number of nitrogens with two attached hydrogens (primary N) is 1. The lowest BCUT2D eigenvalue weighted by Crippen LogP contribution is -2.21. The Kier molecular flexibility index (Phi) is 7.67. The fourth-order valence-electron chi connectivity index (χ4n) is 2.34. The molecule has 0 aliphatic heterocycles. The van der Waals surface area contributed by atoms with E-state index in [1.807, 2.05) is 13.0 Å². The van der Waals surface area contributed by atoms with Crippen molar-refractivity contribution < 1.29 is 9.84 Å². The van der Waals surface area contributed by atoms with Crippen LogP contribution >= 0.6 is 23.2 Å². The monoisotopic (exact) mass is 319 g/mol. The summed E-state index contributed by atoms with van der Waals surface area (Å²) in [6.07, 6.45) is 1.70. The third kappa shape index (κ3) is 4.52. The maximum absolute atomic E-state index is 9.34. The standard InChI is InChI=1S/C15H23Cl2NO2/c1-3-11(5-10(8-18)9-19)13-6-12(16)7-14(17)15(13)20-4-2/h6-7,10-11,19H,3-5,8-9,18H2,1-2H3. The highest BCUT2D eigenvalue weighted by atomic mass is 35.5. The largest absolute Gasteiger partial charge is 0.492 e. The minimum Gasteiger partial charge on any atom is -0.492 e. The molecule has 3 N–H and O–H groups in total. The van der Waals surface area contributed by atoms with Crippen LogP contribution in [0, 0.1) is 5.92 Å². The van der Waals surface area contributed by atoms with E-state index < -0.39 is 0 Å². The minimum atomic E-state index is 0.0761. The molecule has 20 heavy (non-hydrogen) atoms. The van der Waals surface area contributed by atoms with Crippen LogP contribution in [0.5, 0.6) is 5.75 Å². The number of hydrogen-bond donors (Lipinski definition) is 2. The van der Waals surface area contributed by atoms with Crippen molar-refractivity contribution in [3.8, 4) is 5.75 Å². The van der Waals surface area contributed by atoms with Gasteiger partial charge in [-0.1, -0.05) is 30.1 Å². The van der Waals surface area contributed by atoms with Crippen molar-refractivity contribution in [2.75, 3.05) is 19.8 Å². The topological polar surface area (TPSA) is 55.5 Å². The quantitative estimate of drug-likeness (QED) is 0.765. The highest BCUT2D eigenvalue weighted by Crippen LogP contribution is 2.40. The SMILES string of the molecule is CCOc1c(Cl)cc(Cl)cc1C(CC)CC(CN)CO. The number of ether oxygens (including phenoxy) is 1. The lowest BCUT2D eigenvalue weighted by molar-refractivity contribution is 0.213. The predicted molar refractivity (Wildman–Crippen MR) is 84.9 cm³/mol. The molecular weight excluding hydrogens is 297 g/mol. The zero-order valence-corrected chi connectivity index (χ0v) is 13.5. The van der Waals surface area contributed by atoms with Gasteiger partial charge in [0.15, 0.2) is 0 Å².